The summed E-state index contributed by atoms with van der Waals surface area (Å²) in [6.45, 7) is 14.1. The second kappa shape index (κ2) is 11.8. The van der Waals surface area contributed by atoms with Crippen molar-refractivity contribution in [1.29, 1.82) is 0 Å². The van der Waals surface area contributed by atoms with Crippen LogP contribution in [0.15, 0.2) is 29.2 Å². The van der Waals surface area contributed by atoms with Crippen LogP contribution in [-0.2, 0) is 16.0 Å². The fourth-order valence-corrected chi connectivity index (χ4v) is 5.30. The quantitative estimate of drug-likeness (QED) is 0.251. The highest BCUT2D eigenvalue weighted by Crippen LogP contribution is 2.35. The molecule has 35 heavy (non-hydrogen) atoms. The number of nitrogens with one attached hydrogen (secondary N) is 1. The first-order chi connectivity index (χ1) is 16.7. The molecule has 0 saturated carbocycles. The predicted octanol–water partition coefficient (Wildman–Crippen LogP) is 4.89. The zero-order valence-corrected chi connectivity index (χ0v) is 22.5. The van der Waals surface area contributed by atoms with Gasteiger partial charge in [0.1, 0.15) is 16.7 Å². The first-order valence-corrected chi connectivity index (χ1v) is 13.3. The van der Waals surface area contributed by atoms with Crippen molar-refractivity contribution in [1.82, 2.24) is 15.1 Å². The average molecular weight is 503 g/mol. The van der Waals surface area contributed by atoms with E-state index in [9.17, 15) is 9.59 Å². The van der Waals surface area contributed by atoms with E-state index in [-0.39, 0.29) is 18.0 Å². The summed E-state index contributed by atoms with van der Waals surface area (Å²) in [6, 6.07) is 7.71. The Balaban J connectivity index is 1.54. The van der Waals surface area contributed by atoms with Gasteiger partial charge in [0.15, 0.2) is 5.69 Å². The summed E-state index contributed by atoms with van der Waals surface area (Å²) in [5, 5.41) is 7.43. The Kier molecular flexibility index (Phi) is 9.10. The van der Waals surface area contributed by atoms with Crippen molar-refractivity contribution < 1.29 is 19.1 Å². The van der Waals surface area contributed by atoms with E-state index >= 15 is 0 Å². The highest BCUT2D eigenvalue weighted by Gasteiger charge is 2.38. The summed E-state index contributed by atoms with van der Waals surface area (Å²) in [4.78, 5) is 30.4. The van der Waals surface area contributed by atoms with Gasteiger partial charge in [-0.15, -0.1) is 11.8 Å². The molecule has 2 heterocycles. The van der Waals surface area contributed by atoms with Gasteiger partial charge in [0, 0.05) is 18.0 Å². The number of hydrogen-bond donors (Lipinski definition) is 1. The highest BCUT2D eigenvalue weighted by molar-refractivity contribution is 8.01. The number of aromatic nitrogens is 2. The molecule has 192 valence electrons. The van der Waals surface area contributed by atoms with Crippen molar-refractivity contribution in [2.24, 2.45) is 0 Å². The molecule has 8 nitrogen and oxygen atoms in total. The topological polar surface area (TPSA) is 87.8 Å². The van der Waals surface area contributed by atoms with Gasteiger partial charge >= 0.3 is 5.97 Å². The van der Waals surface area contributed by atoms with Crippen LogP contribution in [-0.4, -0.2) is 64.2 Å². The number of hydrogen-bond acceptors (Lipinski definition) is 7. The van der Waals surface area contributed by atoms with E-state index in [2.05, 4.69) is 35.9 Å². The number of benzene rings is 1. The smallest absolute Gasteiger partial charge is 0.321 e. The van der Waals surface area contributed by atoms with E-state index in [1.807, 2.05) is 49.9 Å². The van der Waals surface area contributed by atoms with Crippen molar-refractivity contribution in [2.75, 3.05) is 31.2 Å². The van der Waals surface area contributed by atoms with Crippen LogP contribution >= 0.6 is 11.8 Å². The molecule has 9 heteroatoms. The molecule has 0 fully saturated rings. The molecule has 0 radical (unpaired) electrons. The summed E-state index contributed by atoms with van der Waals surface area (Å²) in [7, 11) is 0. The molecule has 1 atom stereocenters. The molecule has 1 amide bonds. The molecule has 1 aromatic carbocycles. The van der Waals surface area contributed by atoms with Crippen molar-refractivity contribution in [3.8, 4) is 5.75 Å². The Morgan fingerprint density at radius 1 is 1.17 bits per heavy atom. The number of H-pyrrole nitrogens is 1. The van der Waals surface area contributed by atoms with E-state index in [1.165, 1.54) is 11.8 Å². The Morgan fingerprint density at radius 3 is 2.51 bits per heavy atom. The fraction of sp³-hybridized carbons (Fsp3) is 0.577. The van der Waals surface area contributed by atoms with Gasteiger partial charge in [0.25, 0.3) is 5.91 Å². The van der Waals surface area contributed by atoms with Crippen LogP contribution in [0.1, 0.15) is 70.6 Å². The minimum atomic E-state index is -0.659. The number of fused-ring (bicyclic) bond motifs is 1. The van der Waals surface area contributed by atoms with E-state index in [4.69, 9.17) is 9.47 Å². The van der Waals surface area contributed by atoms with Crippen LogP contribution in [0, 0.1) is 0 Å². The molecule has 0 spiro atoms. The third kappa shape index (κ3) is 6.12. The predicted molar refractivity (Wildman–Crippen MR) is 139 cm³/mol. The number of anilines is 1. The minimum Gasteiger partial charge on any atom is -0.494 e. The lowest BCUT2D eigenvalue weighted by atomic mass is 10.1. The van der Waals surface area contributed by atoms with Crippen molar-refractivity contribution in [2.45, 2.75) is 76.6 Å². The van der Waals surface area contributed by atoms with Crippen molar-refractivity contribution >= 4 is 29.3 Å². The number of nitrogens with zero attached hydrogens (tertiary/aromatic N) is 3. The van der Waals surface area contributed by atoms with Crippen LogP contribution < -0.4 is 9.64 Å². The van der Waals surface area contributed by atoms with E-state index in [1.54, 1.807) is 0 Å². The number of rotatable bonds is 12. The van der Waals surface area contributed by atoms with E-state index in [0.29, 0.717) is 31.9 Å². The molecular formula is C26H38N4O4S. The molecule has 1 unspecified atom stereocenters. The van der Waals surface area contributed by atoms with Crippen LogP contribution in [0.2, 0.25) is 0 Å². The minimum absolute atomic E-state index is 0.0265. The summed E-state index contributed by atoms with van der Waals surface area (Å²) >= 11 is 1.46. The Labute approximate surface area is 212 Å². The first-order valence-electron chi connectivity index (χ1n) is 12.5. The molecule has 1 N–H and O–H groups in total. The molecule has 0 saturated heterocycles. The number of carbonyl (C=O) groups is 2. The first kappa shape index (κ1) is 26.9. The van der Waals surface area contributed by atoms with E-state index in [0.717, 1.165) is 41.4 Å². The summed E-state index contributed by atoms with van der Waals surface area (Å²) in [5.74, 6) is 0.508. The molecule has 1 aliphatic rings. The Morgan fingerprint density at radius 2 is 1.89 bits per heavy atom. The summed E-state index contributed by atoms with van der Waals surface area (Å²) in [5.41, 5.74) is 2.52. The lowest BCUT2D eigenvalue weighted by Crippen LogP contribution is -2.54. The molecule has 1 aliphatic heterocycles. The van der Waals surface area contributed by atoms with Gasteiger partial charge in [-0.25, -0.2) is 0 Å². The molecule has 3 rings (SSSR count). The normalized spacial score (nSPS) is 15.8. The van der Waals surface area contributed by atoms with Crippen molar-refractivity contribution in [3.05, 3.63) is 35.7 Å². The van der Waals surface area contributed by atoms with Gasteiger partial charge in [-0.2, -0.15) is 5.10 Å². The zero-order valence-electron chi connectivity index (χ0n) is 21.7. The number of aryl methyl sites for hydroxylation is 1. The van der Waals surface area contributed by atoms with Gasteiger partial charge in [0.2, 0.25) is 0 Å². The van der Waals surface area contributed by atoms with Crippen LogP contribution in [0.3, 0.4) is 0 Å². The maximum Gasteiger partial charge on any atom is 0.321 e. The van der Waals surface area contributed by atoms with Crippen LogP contribution in [0.5, 0.6) is 5.75 Å². The number of amides is 1. The maximum absolute atomic E-state index is 13.2. The summed E-state index contributed by atoms with van der Waals surface area (Å²) in [6.07, 6.45) is 2.55. The lowest BCUT2D eigenvalue weighted by Gasteiger charge is -2.42. The van der Waals surface area contributed by atoms with Gasteiger partial charge in [0.05, 0.1) is 24.6 Å². The standard InChI is InChI=1S/C26H38N4O4S/c1-7-11-21-23-22(28-27-21)24(31)30(18(4)29(23)8-2)16-10-17-34-19-12-14-20(15-13-19)35-26(5,6)25(32)33-9-3/h12-15,18H,7-11,16-17H2,1-6H3,(H,27,28). The number of thioether (sulfide) groups is 1. The van der Waals surface area contributed by atoms with E-state index < -0.39 is 4.75 Å². The highest BCUT2D eigenvalue weighted by atomic mass is 32.2. The molecular weight excluding hydrogens is 464 g/mol. The van der Waals surface area contributed by atoms with Gasteiger partial charge in [-0.3, -0.25) is 14.7 Å². The molecule has 0 aliphatic carbocycles. The maximum atomic E-state index is 13.2. The van der Waals surface area contributed by atoms with Gasteiger partial charge < -0.3 is 19.3 Å². The monoisotopic (exact) mass is 502 g/mol. The zero-order chi connectivity index (χ0) is 25.6. The molecule has 0 bridgehead atoms. The van der Waals surface area contributed by atoms with Crippen LogP contribution in [0.25, 0.3) is 0 Å². The summed E-state index contributed by atoms with van der Waals surface area (Å²) < 4.78 is 10.4. The third-order valence-electron chi connectivity index (χ3n) is 6.08. The van der Waals surface area contributed by atoms with Gasteiger partial charge in [-0.1, -0.05) is 13.3 Å². The second-order valence-corrected chi connectivity index (χ2v) is 10.8. The second-order valence-electron chi connectivity index (χ2n) is 9.07. The number of ether oxygens (including phenoxy) is 2. The molecule has 1 aromatic heterocycles. The SMILES string of the molecule is CCCc1[nH]nc2c1N(CC)C(C)N(CCCOc1ccc(SC(C)(C)C(=O)OCC)cc1)C2=O. The fourth-order valence-electron chi connectivity index (χ4n) is 4.30. The average Bonchev–Trinajstić information content (AvgIpc) is 3.24. The lowest BCUT2D eigenvalue weighted by molar-refractivity contribution is -0.145. The number of aromatic amines is 1. The van der Waals surface area contributed by atoms with Crippen molar-refractivity contribution in [3.63, 3.8) is 0 Å². The van der Waals surface area contributed by atoms with Gasteiger partial charge in [-0.05, 0) is 71.7 Å². The Hall–Kier alpha value is -2.68. The molecule has 2 aromatic rings. The Bertz CT molecular complexity index is 1010. The third-order valence-corrected chi connectivity index (χ3v) is 7.27. The number of esters is 1. The van der Waals surface area contributed by atoms with Crippen LogP contribution in [0.4, 0.5) is 5.69 Å². The number of carbonyl (C=O) groups excluding carboxylic acids is 2. The largest absolute Gasteiger partial charge is 0.494 e.